The number of aryl methyl sites for hydroxylation is 1. The Balaban J connectivity index is 2.44. The zero-order valence-electron chi connectivity index (χ0n) is 8.90. The van der Waals surface area contributed by atoms with E-state index in [2.05, 4.69) is 9.97 Å². The molecule has 0 aliphatic rings. The fourth-order valence-corrected chi connectivity index (χ4v) is 1.56. The van der Waals surface area contributed by atoms with Crippen LogP contribution in [-0.2, 0) is 18.2 Å². The standard InChI is InChI=1S/C10H14N4O/c1-14-9(3-4-15-2)13-8-5-7(11)6-12-10(8)14/h5-6H,3-4,11H2,1-2H3. The fourth-order valence-electron chi connectivity index (χ4n) is 1.56. The zero-order chi connectivity index (χ0) is 10.8. The summed E-state index contributed by atoms with van der Waals surface area (Å²) in [6, 6.07) is 1.83. The number of imidazole rings is 1. The summed E-state index contributed by atoms with van der Waals surface area (Å²) in [4.78, 5) is 8.69. The quantitative estimate of drug-likeness (QED) is 0.804. The van der Waals surface area contributed by atoms with E-state index >= 15 is 0 Å². The molecule has 0 amide bonds. The van der Waals surface area contributed by atoms with E-state index in [1.165, 1.54) is 0 Å². The van der Waals surface area contributed by atoms with Gasteiger partial charge in [0.2, 0.25) is 0 Å². The lowest BCUT2D eigenvalue weighted by atomic mass is 10.4. The lowest BCUT2D eigenvalue weighted by Crippen LogP contribution is -2.02. The number of nitrogens with two attached hydrogens (primary N) is 1. The molecule has 0 unspecified atom stereocenters. The highest BCUT2D eigenvalue weighted by Crippen LogP contribution is 2.15. The summed E-state index contributed by atoms with van der Waals surface area (Å²) in [5.41, 5.74) is 7.98. The predicted octanol–water partition coefficient (Wildman–Crippen LogP) is 0.739. The normalized spacial score (nSPS) is 11.1. The first-order valence-corrected chi connectivity index (χ1v) is 4.78. The first-order valence-electron chi connectivity index (χ1n) is 4.78. The molecule has 0 radical (unpaired) electrons. The maximum absolute atomic E-state index is 5.65. The number of nitrogen functional groups attached to an aromatic ring is 1. The van der Waals surface area contributed by atoms with Crippen molar-refractivity contribution in [2.24, 2.45) is 7.05 Å². The van der Waals surface area contributed by atoms with Gasteiger partial charge in [-0.15, -0.1) is 0 Å². The minimum Gasteiger partial charge on any atom is -0.397 e. The lowest BCUT2D eigenvalue weighted by Gasteiger charge is -2.00. The molecule has 15 heavy (non-hydrogen) atoms. The van der Waals surface area contributed by atoms with Gasteiger partial charge in [0.25, 0.3) is 0 Å². The molecule has 5 nitrogen and oxygen atoms in total. The molecule has 0 spiro atoms. The van der Waals surface area contributed by atoms with Crippen LogP contribution in [0.1, 0.15) is 5.82 Å². The van der Waals surface area contributed by atoms with E-state index in [-0.39, 0.29) is 0 Å². The number of pyridine rings is 1. The molecule has 0 fully saturated rings. The van der Waals surface area contributed by atoms with Crippen molar-refractivity contribution in [1.29, 1.82) is 0 Å². The molecular weight excluding hydrogens is 192 g/mol. The molecule has 0 aliphatic heterocycles. The van der Waals surface area contributed by atoms with E-state index < -0.39 is 0 Å². The topological polar surface area (TPSA) is 66.0 Å². The van der Waals surface area contributed by atoms with Crippen molar-refractivity contribution in [1.82, 2.24) is 14.5 Å². The van der Waals surface area contributed by atoms with Crippen LogP contribution in [0.4, 0.5) is 5.69 Å². The number of rotatable bonds is 3. The summed E-state index contributed by atoms with van der Waals surface area (Å²) in [6.07, 6.45) is 2.42. The van der Waals surface area contributed by atoms with Crippen LogP contribution in [-0.4, -0.2) is 28.3 Å². The van der Waals surface area contributed by atoms with E-state index in [0.717, 1.165) is 23.4 Å². The first-order chi connectivity index (χ1) is 7.22. The second-order valence-electron chi connectivity index (χ2n) is 3.44. The van der Waals surface area contributed by atoms with Crippen molar-refractivity contribution < 1.29 is 4.74 Å². The Morgan fingerprint density at radius 2 is 2.33 bits per heavy atom. The second kappa shape index (κ2) is 3.86. The fraction of sp³-hybridized carbons (Fsp3) is 0.400. The second-order valence-corrected chi connectivity index (χ2v) is 3.44. The van der Waals surface area contributed by atoms with Crippen molar-refractivity contribution in [2.75, 3.05) is 19.5 Å². The van der Waals surface area contributed by atoms with Gasteiger partial charge >= 0.3 is 0 Å². The highest BCUT2D eigenvalue weighted by molar-refractivity contribution is 5.74. The van der Waals surface area contributed by atoms with Gasteiger partial charge in [0.15, 0.2) is 5.65 Å². The number of fused-ring (bicyclic) bond motifs is 1. The average Bonchev–Trinajstić information content (AvgIpc) is 2.52. The number of hydrogen-bond acceptors (Lipinski definition) is 4. The Bertz CT molecular complexity index is 477. The molecule has 80 valence electrons. The van der Waals surface area contributed by atoms with Gasteiger partial charge in [0.1, 0.15) is 11.3 Å². The first kappa shape index (κ1) is 9.92. The smallest absolute Gasteiger partial charge is 0.159 e. The predicted molar refractivity (Wildman–Crippen MR) is 58.5 cm³/mol. The van der Waals surface area contributed by atoms with Gasteiger partial charge in [-0.05, 0) is 6.07 Å². The molecule has 2 aromatic heterocycles. The number of methoxy groups -OCH3 is 1. The molecule has 2 heterocycles. The van der Waals surface area contributed by atoms with Crippen LogP contribution in [0.15, 0.2) is 12.3 Å². The summed E-state index contributed by atoms with van der Waals surface area (Å²) in [6.45, 7) is 0.659. The Hall–Kier alpha value is -1.62. The van der Waals surface area contributed by atoms with Crippen molar-refractivity contribution in [3.05, 3.63) is 18.1 Å². The summed E-state index contributed by atoms with van der Waals surface area (Å²) >= 11 is 0. The van der Waals surface area contributed by atoms with Gasteiger partial charge in [-0.3, -0.25) is 0 Å². The summed E-state index contributed by atoms with van der Waals surface area (Å²) in [5.74, 6) is 0.963. The van der Waals surface area contributed by atoms with Crippen LogP contribution in [0, 0.1) is 0 Å². The summed E-state index contributed by atoms with van der Waals surface area (Å²) in [5, 5.41) is 0. The number of aromatic nitrogens is 3. The van der Waals surface area contributed by atoms with Gasteiger partial charge in [-0.1, -0.05) is 0 Å². The van der Waals surface area contributed by atoms with Gasteiger partial charge < -0.3 is 15.0 Å². The lowest BCUT2D eigenvalue weighted by molar-refractivity contribution is 0.200. The molecule has 0 aliphatic carbocycles. The molecule has 0 aromatic carbocycles. The zero-order valence-corrected chi connectivity index (χ0v) is 8.90. The SMILES string of the molecule is COCCc1nc2cc(N)cnc2n1C. The number of hydrogen-bond donors (Lipinski definition) is 1. The monoisotopic (exact) mass is 206 g/mol. The third kappa shape index (κ3) is 1.78. The summed E-state index contributed by atoms with van der Waals surface area (Å²) in [7, 11) is 3.63. The van der Waals surface area contributed by atoms with Crippen molar-refractivity contribution >= 4 is 16.9 Å². The minimum atomic E-state index is 0.638. The van der Waals surface area contributed by atoms with Gasteiger partial charge in [-0.25, -0.2) is 9.97 Å². The Morgan fingerprint density at radius 1 is 1.53 bits per heavy atom. The van der Waals surface area contributed by atoms with Crippen LogP contribution >= 0.6 is 0 Å². The largest absolute Gasteiger partial charge is 0.397 e. The van der Waals surface area contributed by atoms with Gasteiger partial charge in [-0.2, -0.15) is 0 Å². The number of nitrogens with zero attached hydrogens (tertiary/aromatic N) is 3. The van der Waals surface area contributed by atoms with E-state index in [0.29, 0.717) is 12.3 Å². The Labute approximate surface area is 87.9 Å². The van der Waals surface area contributed by atoms with E-state index in [9.17, 15) is 0 Å². The van der Waals surface area contributed by atoms with E-state index in [1.54, 1.807) is 13.3 Å². The summed E-state index contributed by atoms with van der Waals surface area (Å²) < 4.78 is 6.99. The Kier molecular flexibility index (Phi) is 2.55. The molecule has 2 N–H and O–H groups in total. The van der Waals surface area contributed by atoms with Crippen LogP contribution < -0.4 is 5.73 Å². The molecule has 2 aromatic rings. The third-order valence-corrected chi connectivity index (χ3v) is 2.35. The molecule has 2 rings (SSSR count). The molecule has 0 saturated carbocycles. The maximum Gasteiger partial charge on any atom is 0.159 e. The van der Waals surface area contributed by atoms with Crippen molar-refractivity contribution in [2.45, 2.75) is 6.42 Å². The van der Waals surface area contributed by atoms with Crippen molar-refractivity contribution in [3.63, 3.8) is 0 Å². The maximum atomic E-state index is 5.65. The number of anilines is 1. The highest BCUT2D eigenvalue weighted by Gasteiger charge is 2.08. The molecule has 0 saturated heterocycles. The van der Waals surface area contributed by atoms with E-state index in [4.69, 9.17) is 10.5 Å². The van der Waals surface area contributed by atoms with Crippen LogP contribution in [0.25, 0.3) is 11.2 Å². The van der Waals surface area contributed by atoms with Crippen LogP contribution in [0.3, 0.4) is 0 Å². The van der Waals surface area contributed by atoms with Crippen molar-refractivity contribution in [3.8, 4) is 0 Å². The molecule has 0 bridgehead atoms. The Morgan fingerprint density at radius 3 is 3.07 bits per heavy atom. The molecular formula is C10H14N4O. The van der Waals surface area contributed by atoms with Crippen LogP contribution in [0.2, 0.25) is 0 Å². The number of ether oxygens (including phenoxy) is 1. The highest BCUT2D eigenvalue weighted by atomic mass is 16.5. The average molecular weight is 206 g/mol. The van der Waals surface area contributed by atoms with Gasteiger partial charge in [0, 0.05) is 20.6 Å². The minimum absolute atomic E-state index is 0.638. The third-order valence-electron chi connectivity index (χ3n) is 2.35. The molecule has 0 atom stereocenters. The van der Waals surface area contributed by atoms with Crippen LogP contribution in [0.5, 0.6) is 0 Å². The molecule has 5 heteroatoms. The van der Waals surface area contributed by atoms with Gasteiger partial charge in [0.05, 0.1) is 18.5 Å². The van der Waals surface area contributed by atoms with E-state index in [1.807, 2.05) is 17.7 Å².